The van der Waals surface area contributed by atoms with Gasteiger partial charge in [0.2, 0.25) is 0 Å². The van der Waals surface area contributed by atoms with Crippen molar-refractivity contribution in [1.82, 2.24) is 4.90 Å². The molecule has 0 saturated carbocycles. The Morgan fingerprint density at radius 3 is 2.55 bits per heavy atom. The van der Waals surface area contributed by atoms with Crippen LogP contribution in [-0.2, 0) is 14.3 Å². The van der Waals surface area contributed by atoms with Gasteiger partial charge in [-0.1, -0.05) is 18.5 Å². The lowest BCUT2D eigenvalue weighted by Gasteiger charge is -2.38. The molecule has 0 unspecified atom stereocenters. The van der Waals surface area contributed by atoms with Crippen LogP contribution in [0.2, 0.25) is 5.02 Å². The zero-order valence-electron chi connectivity index (χ0n) is 17.6. The van der Waals surface area contributed by atoms with E-state index >= 15 is 0 Å². The molecule has 0 N–H and O–H groups in total. The van der Waals surface area contributed by atoms with Crippen LogP contribution < -0.4 is 9.47 Å². The second-order valence-electron chi connectivity index (χ2n) is 7.25. The molecular formula is C22H30ClNO5. The van der Waals surface area contributed by atoms with Gasteiger partial charge in [0.05, 0.1) is 18.7 Å². The SMILES string of the molecule is CCCOc1c(Cl)cc(/C=C/C(=O)OCC(=O)N2[C@@H](C)CCC[C@@H]2C)cc1OC. The Morgan fingerprint density at radius 2 is 1.93 bits per heavy atom. The number of benzene rings is 1. The summed E-state index contributed by atoms with van der Waals surface area (Å²) >= 11 is 6.28. The topological polar surface area (TPSA) is 65.1 Å². The molecule has 29 heavy (non-hydrogen) atoms. The number of piperidine rings is 1. The van der Waals surface area contributed by atoms with Gasteiger partial charge in [-0.15, -0.1) is 0 Å². The number of hydrogen-bond donors (Lipinski definition) is 0. The Morgan fingerprint density at radius 1 is 1.24 bits per heavy atom. The molecule has 0 spiro atoms. The molecule has 1 aromatic carbocycles. The van der Waals surface area contributed by atoms with Gasteiger partial charge in [-0.25, -0.2) is 4.79 Å². The van der Waals surface area contributed by atoms with Gasteiger partial charge in [0.1, 0.15) is 0 Å². The molecule has 6 nitrogen and oxygen atoms in total. The van der Waals surface area contributed by atoms with Gasteiger partial charge < -0.3 is 19.1 Å². The van der Waals surface area contributed by atoms with Gasteiger partial charge in [0.15, 0.2) is 18.1 Å². The van der Waals surface area contributed by atoms with Crippen molar-refractivity contribution in [2.24, 2.45) is 0 Å². The van der Waals surface area contributed by atoms with Gasteiger partial charge >= 0.3 is 5.97 Å². The Hall–Kier alpha value is -2.21. The Labute approximate surface area is 177 Å². The molecular weight excluding hydrogens is 394 g/mol. The van der Waals surface area contributed by atoms with Crippen molar-refractivity contribution in [3.05, 3.63) is 28.8 Å². The standard InChI is InChI=1S/C22H30ClNO5/c1-5-11-28-22-18(23)12-17(13-19(22)27-4)9-10-21(26)29-14-20(25)24-15(2)7-6-8-16(24)3/h9-10,12-13,15-16H,5-8,11,14H2,1-4H3/b10-9+/t15-,16-/m0/s1. The molecule has 1 aliphatic heterocycles. The molecule has 7 heteroatoms. The molecule has 0 bridgehead atoms. The minimum Gasteiger partial charge on any atom is -0.493 e. The first-order valence-electron chi connectivity index (χ1n) is 10.0. The molecule has 1 heterocycles. The number of hydrogen-bond acceptors (Lipinski definition) is 5. The predicted octanol–water partition coefficient (Wildman–Crippen LogP) is 4.48. The molecule has 160 valence electrons. The van der Waals surface area contributed by atoms with Crippen LogP contribution in [0.5, 0.6) is 11.5 Å². The second kappa shape index (κ2) is 11.1. The van der Waals surface area contributed by atoms with Crippen LogP contribution in [0.4, 0.5) is 0 Å². The first-order valence-corrected chi connectivity index (χ1v) is 10.4. The number of amides is 1. The normalized spacial score (nSPS) is 19.3. The molecule has 1 amide bonds. The molecule has 0 aliphatic carbocycles. The average Bonchev–Trinajstić information content (AvgIpc) is 2.69. The minimum absolute atomic E-state index is 0.159. The number of ether oxygens (including phenoxy) is 3. The third-order valence-corrected chi connectivity index (χ3v) is 5.21. The lowest BCUT2D eigenvalue weighted by atomic mass is 9.97. The highest BCUT2D eigenvalue weighted by molar-refractivity contribution is 6.32. The highest BCUT2D eigenvalue weighted by Crippen LogP contribution is 2.36. The first-order chi connectivity index (χ1) is 13.9. The molecule has 2 atom stereocenters. The first kappa shape index (κ1) is 23.1. The van der Waals surface area contributed by atoms with E-state index in [1.54, 1.807) is 18.2 Å². The summed E-state index contributed by atoms with van der Waals surface area (Å²) in [4.78, 5) is 26.3. The second-order valence-corrected chi connectivity index (χ2v) is 7.66. The van der Waals surface area contributed by atoms with Crippen LogP contribution >= 0.6 is 11.6 Å². The number of carbonyl (C=O) groups excluding carboxylic acids is 2. The summed E-state index contributed by atoms with van der Waals surface area (Å²) in [7, 11) is 1.53. The van der Waals surface area contributed by atoms with Crippen molar-refractivity contribution in [2.45, 2.75) is 58.5 Å². The smallest absolute Gasteiger partial charge is 0.331 e. The average molecular weight is 424 g/mol. The molecule has 1 saturated heterocycles. The number of halogens is 1. The van der Waals surface area contributed by atoms with E-state index in [-0.39, 0.29) is 24.6 Å². The lowest BCUT2D eigenvalue weighted by molar-refractivity contribution is -0.151. The monoisotopic (exact) mass is 423 g/mol. The maximum atomic E-state index is 12.4. The fourth-order valence-electron chi connectivity index (χ4n) is 3.51. The van der Waals surface area contributed by atoms with E-state index in [4.69, 9.17) is 25.8 Å². The van der Waals surface area contributed by atoms with Crippen molar-refractivity contribution in [1.29, 1.82) is 0 Å². The molecule has 1 aliphatic rings. The highest BCUT2D eigenvalue weighted by atomic mass is 35.5. The van der Waals surface area contributed by atoms with Crippen LogP contribution in [-0.4, -0.2) is 49.2 Å². The van der Waals surface area contributed by atoms with E-state index in [1.807, 2.05) is 25.7 Å². The Kier molecular flexibility index (Phi) is 8.83. The number of esters is 1. The summed E-state index contributed by atoms with van der Waals surface area (Å²) in [5.74, 6) is 0.221. The quantitative estimate of drug-likeness (QED) is 0.455. The summed E-state index contributed by atoms with van der Waals surface area (Å²) < 4.78 is 16.1. The third kappa shape index (κ3) is 6.39. The van der Waals surface area contributed by atoms with Crippen LogP contribution in [0.3, 0.4) is 0 Å². The molecule has 0 radical (unpaired) electrons. The van der Waals surface area contributed by atoms with Crippen molar-refractivity contribution in [3.8, 4) is 11.5 Å². The molecule has 2 rings (SSSR count). The third-order valence-electron chi connectivity index (χ3n) is 4.93. The van der Waals surface area contributed by atoms with Crippen molar-refractivity contribution in [3.63, 3.8) is 0 Å². The summed E-state index contributed by atoms with van der Waals surface area (Å²) in [6, 6.07) is 3.75. The zero-order valence-corrected chi connectivity index (χ0v) is 18.3. The lowest BCUT2D eigenvalue weighted by Crippen LogP contribution is -2.49. The van der Waals surface area contributed by atoms with E-state index < -0.39 is 5.97 Å². The maximum Gasteiger partial charge on any atom is 0.331 e. The van der Waals surface area contributed by atoms with Crippen molar-refractivity contribution >= 4 is 29.6 Å². The number of carbonyl (C=O) groups is 2. The van der Waals surface area contributed by atoms with E-state index in [1.165, 1.54) is 13.2 Å². The van der Waals surface area contributed by atoms with Gasteiger partial charge in [-0.2, -0.15) is 0 Å². The number of rotatable bonds is 8. The van der Waals surface area contributed by atoms with Gasteiger partial charge in [-0.05, 0) is 63.3 Å². The predicted molar refractivity (Wildman–Crippen MR) is 113 cm³/mol. The number of likely N-dealkylation sites (tertiary alicyclic amines) is 1. The van der Waals surface area contributed by atoms with E-state index in [0.717, 1.165) is 25.7 Å². The Balaban J connectivity index is 1.96. The zero-order chi connectivity index (χ0) is 21.4. The summed E-state index contributed by atoms with van der Waals surface area (Å²) in [5.41, 5.74) is 0.664. The minimum atomic E-state index is -0.586. The largest absolute Gasteiger partial charge is 0.493 e. The fourth-order valence-corrected chi connectivity index (χ4v) is 3.79. The summed E-state index contributed by atoms with van der Waals surface area (Å²) in [5, 5.41) is 0.397. The van der Waals surface area contributed by atoms with Crippen LogP contribution in [0, 0.1) is 0 Å². The summed E-state index contributed by atoms with van der Waals surface area (Å²) in [6.45, 7) is 6.33. The van der Waals surface area contributed by atoms with Crippen molar-refractivity contribution in [2.75, 3.05) is 20.3 Å². The fraction of sp³-hybridized carbons (Fsp3) is 0.545. The maximum absolute atomic E-state index is 12.4. The molecule has 1 fully saturated rings. The van der Waals surface area contributed by atoms with Crippen LogP contribution in [0.15, 0.2) is 18.2 Å². The Bertz CT molecular complexity index is 739. The highest BCUT2D eigenvalue weighted by Gasteiger charge is 2.29. The molecule has 1 aromatic rings. The summed E-state index contributed by atoms with van der Waals surface area (Å²) in [6.07, 6.45) is 6.75. The van der Waals surface area contributed by atoms with Gasteiger partial charge in [-0.3, -0.25) is 4.79 Å². The molecule has 0 aromatic heterocycles. The van der Waals surface area contributed by atoms with E-state index in [0.29, 0.717) is 28.7 Å². The van der Waals surface area contributed by atoms with Crippen LogP contribution in [0.1, 0.15) is 52.0 Å². The van der Waals surface area contributed by atoms with E-state index in [9.17, 15) is 9.59 Å². The van der Waals surface area contributed by atoms with Gasteiger partial charge in [0.25, 0.3) is 5.91 Å². The van der Waals surface area contributed by atoms with E-state index in [2.05, 4.69) is 0 Å². The van der Waals surface area contributed by atoms with Crippen molar-refractivity contribution < 1.29 is 23.8 Å². The number of methoxy groups -OCH3 is 1. The number of nitrogens with zero attached hydrogens (tertiary/aromatic N) is 1. The van der Waals surface area contributed by atoms with Crippen LogP contribution in [0.25, 0.3) is 6.08 Å². The van der Waals surface area contributed by atoms with Gasteiger partial charge in [0, 0.05) is 18.2 Å².